The van der Waals surface area contributed by atoms with Gasteiger partial charge in [-0.05, 0) is 6.42 Å². The van der Waals surface area contributed by atoms with Gasteiger partial charge < -0.3 is 9.79 Å². The van der Waals surface area contributed by atoms with Crippen LogP contribution in [0, 0.1) is 0 Å². The molecule has 0 aromatic rings. The van der Waals surface area contributed by atoms with Crippen molar-refractivity contribution in [3.05, 3.63) is 0 Å². The van der Waals surface area contributed by atoms with Gasteiger partial charge in [0, 0.05) is 17.1 Å². The smallest absolute Gasteiger partial charge is 0.303 e. The van der Waals surface area contributed by atoms with E-state index in [0.717, 1.165) is 6.42 Å². The molecule has 0 bridgehead atoms. The Hall–Kier alpha value is 0.629. The van der Waals surface area contributed by atoms with Crippen LogP contribution in [0.1, 0.15) is 19.8 Å². The SMILES string of the molecule is CCCCOP(=O)(O)O.[Fe]. The van der Waals surface area contributed by atoms with Crippen molar-refractivity contribution in [1.29, 1.82) is 0 Å². The predicted molar refractivity (Wildman–Crippen MR) is 32.9 cm³/mol. The molecular formula is C4H11FeO4P. The van der Waals surface area contributed by atoms with Crippen molar-refractivity contribution in [1.82, 2.24) is 0 Å². The minimum absolute atomic E-state index is 0. The molecule has 0 saturated heterocycles. The summed E-state index contributed by atoms with van der Waals surface area (Å²) in [6.07, 6.45) is 1.56. The number of hydrogen-bond acceptors (Lipinski definition) is 2. The van der Waals surface area contributed by atoms with Crippen LogP contribution in [0.2, 0.25) is 0 Å². The van der Waals surface area contributed by atoms with Gasteiger partial charge in [-0.25, -0.2) is 4.57 Å². The minimum Gasteiger partial charge on any atom is -0.303 e. The molecule has 0 heterocycles. The second-order valence-electron chi connectivity index (χ2n) is 1.68. The van der Waals surface area contributed by atoms with Crippen molar-refractivity contribution >= 4 is 7.82 Å². The summed E-state index contributed by atoms with van der Waals surface area (Å²) in [5.74, 6) is 0. The topological polar surface area (TPSA) is 66.8 Å². The largest absolute Gasteiger partial charge is 0.469 e. The van der Waals surface area contributed by atoms with Gasteiger partial charge in [-0.3, -0.25) is 4.52 Å². The first-order valence-electron chi connectivity index (χ1n) is 2.76. The van der Waals surface area contributed by atoms with Crippen molar-refractivity contribution in [2.24, 2.45) is 0 Å². The van der Waals surface area contributed by atoms with Crippen LogP contribution in [0.25, 0.3) is 0 Å². The van der Waals surface area contributed by atoms with E-state index in [1.807, 2.05) is 6.92 Å². The molecule has 0 aromatic heterocycles. The Morgan fingerprint density at radius 3 is 2.30 bits per heavy atom. The van der Waals surface area contributed by atoms with E-state index in [1.165, 1.54) is 0 Å². The molecule has 0 aromatic carbocycles. The van der Waals surface area contributed by atoms with Crippen LogP contribution in [-0.4, -0.2) is 16.4 Å². The van der Waals surface area contributed by atoms with Gasteiger partial charge >= 0.3 is 7.82 Å². The number of phosphoric ester groups is 1. The van der Waals surface area contributed by atoms with Crippen molar-refractivity contribution in [3.8, 4) is 0 Å². The molecule has 64 valence electrons. The normalized spacial score (nSPS) is 10.7. The van der Waals surface area contributed by atoms with Crippen LogP contribution in [0.5, 0.6) is 0 Å². The van der Waals surface area contributed by atoms with E-state index in [9.17, 15) is 4.57 Å². The van der Waals surface area contributed by atoms with Gasteiger partial charge in [0.05, 0.1) is 6.61 Å². The molecule has 6 heteroatoms. The van der Waals surface area contributed by atoms with Crippen molar-refractivity contribution < 1.29 is 35.9 Å². The molecule has 0 atom stereocenters. The first-order valence-corrected chi connectivity index (χ1v) is 4.29. The minimum atomic E-state index is -4.20. The van der Waals surface area contributed by atoms with Gasteiger partial charge in [0.15, 0.2) is 0 Å². The summed E-state index contributed by atoms with van der Waals surface area (Å²) in [6.45, 7) is 2.06. The molecule has 0 fully saturated rings. The third kappa shape index (κ3) is 11.4. The first kappa shape index (κ1) is 13.2. The van der Waals surface area contributed by atoms with Crippen LogP contribution in [0.15, 0.2) is 0 Å². The predicted octanol–water partition coefficient (Wildman–Crippen LogP) is 0.893. The molecule has 0 unspecified atom stereocenters. The molecule has 4 nitrogen and oxygen atoms in total. The third-order valence-corrected chi connectivity index (χ3v) is 1.28. The van der Waals surface area contributed by atoms with Crippen LogP contribution in [-0.2, 0) is 26.2 Å². The number of phosphoric acid groups is 1. The Balaban J connectivity index is 0. The van der Waals surface area contributed by atoms with Gasteiger partial charge in [0.25, 0.3) is 0 Å². The molecule has 0 spiro atoms. The summed E-state index contributed by atoms with van der Waals surface area (Å²) in [5, 5.41) is 0. The molecule has 10 heavy (non-hydrogen) atoms. The average molecular weight is 210 g/mol. The van der Waals surface area contributed by atoms with Crippen molar-refractivity contribution in [2.45, 2.75) is 19.8 Å². The summed E-state index contributed by atoms with van der Waals surface area (Å²) in [7, 11) is -4.20. The first-order chi connectivity index (χ1) is 4.06. The standard InChI is InChI=1S/C4H11O4P.Fe/c1-2-3-4-8-9(5,6)7;/h2-4H2,1H3,(H2,5,6,7);. The van der Waals surface area contributed by atoms with E-state index in [-0.39, 0.29) is 23.7 Å². The fourth-order valence-electron chi connectivity index (χ4n) is 0.328. The maximum absolute atomic E-state index is 9.98. The van der Waals surface area contributed by atoms with Crippen LogP contribution >= 0.6 is 7.82 Å². The molecular weight excluding hydrogens is 199 g/mol. The second kappa shape index (κ2) is 6.35. The van der Waals surface area contributed by atoms with Crippen LogP contribution in [0.4, 0.5) is 0 Å². The summed E-state index contributed by atoms with van der Waals surface area (Å²) in [6, 6.07) is 0. The third-order valence-electron chi connectivity index (χ3n) is 0.757. The van der Waals surface area contributed by atoms with Gasteiger partial charge in [0.2, 0.25) is 0 Å². The maximum Gasteiger partial charge on any atom is 0.469 e. The zero-order chi connectivity index (χ0) is 7.33. The molecule has 0 aliphatic rings. The molecule has 0 rings (SSSR count). The zero-order valence-corrected chi connectivity index (χ0v) is 7.63. The Morgan fingerprint density at radius 1 is 1.50 bits per heavy atom. The summed E-state index contributed by atoms with van der Waals surface area (Å²) < 4.78 is 14.1. The molecule has 0 aliphatic heterocycles. The van der Waals surface area contributed by atoms with Crippen LogP contribution in [0.3, 0.4) is 0 Å². The van der Waals surface area contributed by atoms with E-state index in [0.29, 0.717) is 6.42 Å². The van der Waals surface area contributed by atoms with Crippen molar-refractivity contribution in [3.63, 3.8) is 0 Å². The van der Waals surface area contributed by atoms with Gasteiger partial charge in [-0.15, -0.1) is 0 Å². The van der Waals surface area contributed by atoms with E-state index in [4.69, 9.17) is 9.79 Å². The summed E-state index contributed by atoms with van der Waals surface area (Å²) in [5.41, 5.74) is 0. The molecule has 0 saturated carbocycles. The number of hydrogen-bond donors (Lipinski definition) is 2. The monoisotopic (exact) mass is 210 g/mol. The number of rotatable bonds is 4. The summed E-state index contributed by atoms with van der Waals surface area (Å²) in [4.78, 5) is 16.3. The molecule has 0 amide bonds. The zero-order valence-electron chi connectivity index (χ0n) is 5.63. The number of unbranched alkanes of at least 4 members (excludes halogenated alkanes) is 1. The van der Waals surface area contributed by atoms with Crippen LogP contribution < -0.4 is 0 Å². The van der Waals surface area contributed by atoms with Crippen molar-refractivity contribution in [2.75, 3.05) is 6.61 Å². The Labute approximate surface area is 70.7 Å². The Bertz CT molecular complexity index is 112. The summed E-state index contributed by atoms with van der Waals surface area (Å²) >= 11 is 0. The quantitative estimate of drug-likeness (QED) is 0.410. The molecule has 0 radical (unpaired) electrons. The van der Waals surface area contributed by atoms with E-state index in [2.05, 4.69) is 4.52 Å². The molecule has 0 aliphatic carbocycles. The fourth-order valence-corrected chi connectivity index (χ4v) is 0.695. The van der Waals surface area contributed by atoms with E-state index < -0.39 is 7.82 Å². The Morgan fingerprint density at radius 2 is 2.00 bits per heavy atom. The molecule has 2 N–H and O–H groups in total. The van der Waals surface area contributed by atoms with E-state index in [1.54, 1.807) is 0 Å². The van der Waals surface area contributed by atoms with E-state index >= 15 is 0 Å². The van der Waals surface area contributed by atoms with Gasteiger partial charge in [-0.1, -0.05) is 13.3 Å². The fraction of sp³-hybridized carbons (Fsp3) is 1.00. The van der Waals surface area contributed by atoms with Gasteiger partial charge in [-0.2, -0.15) is 0 Å². The average Bonchev–Trinajstić information content (AvgIpc) is 1.63. The Kier molecular flexibility index (Phi) is 8.40. The maximum atomic E-state index is 9.98. The van der Waals surface area contributed by atoms with Gasteiger partial charge in [0.1, 0.15) is 0 Å². The second-order valence-corrected chi connectivity index (χ2v) is 2.92.